The molecule has 6 nitrogen and oxygen atoms in total. The van der Waals surface area contributed by atoms with Gasteiger partial charge in [-0.15, -0.1) is 0 Å². The van der Waals surface area contributed by atoms with Gasteiger partial charge in [-0.2, -0.15) is 10.4 Å². The van der Waals surface area contributed by atoms with E-state index in [4.69, 9.17) is 5.26 Å². The van der Waals surface area contributed by atoms with Crippen LogP contribution in [0.5, 0.6) is 0 Å². The van der Waals surface area contributed by atoms with Gasteiger partial charge >= 0.3 is 0 Å². The fourth-order valence-corrected chi connectivity index (χ4v) is 3.29. The maximum absolute atomic E-state index is 10.3. The highest BCUT2D eigenvalue weighted by atomic mass is 16.3. The molecule has 1 aliphatic heterocycles. The Bertz CT molecular complexity index is 677. The summed E-state index contributed by atoms with van der Waals surface area (Å²) in [6, 6.07) is 11.9. The molecule has 2 aromatic rings. The van der Waals surface area contributed by atoms with Crippen LogP contribution in [-0.4, -0.2) is 63.5 Å². The molecular formula is C19H25N5O. The van der Waals surface area contributed by atoms with Crippen LogP contribution in [0.1, 0.15) is 17.5 Å². The molecule has 0 radical (unpaired) electrons. The fourth-order valence-electron chi connectivity index (χ4n) is 3.29. The molecule has 3 rings (SSSR count). The van der Waals surface area contributed by atoms with Gasteiger partial charge in [0.2, 0.25) is 0 Å². The summed E-state index contributed by atoms with van der Waals surface area (Å²) in [7, 11) is 0. The Morgan fingerprint density at radius 3 is 2.56 bits per heavy atom. The van der Waals surface area contributed by atoms with Crippen molar-refractivity contribution < 1.29 is 5.11 Å². The third-order valence-electron chi connectivity index (χ3n) is 4.60. The normalized spacial score (nSPS) is 17.8. The van der Waals surface area contributed by atoms with Crippen molar-refractivity contribution in [2.75, 3.05) is 32.7 Å². The maximum atomic E-state index is 10.3. The van der Waals surface area contributed by atoms with Gasteiger partial charge in [-0.3, -0.25) is 14.5 Å². The van der Waals surface area contributed by atoms with E-state index < -0.39 is 6.10 Å². The number of β-amino-alcohol motifs (C(OH)–C–C–N with tert-alkyl or cyclic N) is 1. The quantitative estimate of drug-likeness (QED) is 0.860. The van der Waals surface area contributed by atoms with Crippen molar-refractivity contribution in [1.29, 1.82) is 5.26 Å². The van der Waals surface area contributed by atoms with E-state index in [-0.39, 0.29) is 0 Å². The average molecular weight is 339 g/mol. The van der Waals surface area contributed by atoms with E-state index in [0.29, 0.717) is 18.7 Å². The Morgan fingerprint density at radius 1 is 1.08 bits per heavy atom. The minimum absolute atomic E-state index is 0.398. The molecule has 1 aliphatic rings. The summed E-state index contributed by atoms with van der Waals surface area (Å²) in [6.45, 7) is 6.17. The number of nitriles is 1. The smallest absolute Gasteiger partial charge is 0.0991 e. The van der Waals surface area contributed by atoms with Crippen molar-refractivity contribution in [2.45, 2.75) is 25.6 Å². The van der Waals surface area contributed by atoms with Crippen molar-refractivity contribution in [3.63, 3.8) is 0 Å². The van der Waals surface area contributed by atoms with Crippen molar-refractivity contribution in [3.8, 4) is 6.07 Å². The molecule has 1 atom stereocenters. The summed E-state index contributed by atoms with van der Waals surface area (Å²) >= 11 is 0. The number of aliphatic hydroxyl groups excluding tert-OH is 1. The number of rotatable bonds is 6. The van der Waals surface area contributed by atoms with E-state index in [1.54, 1.807) is 10.9 Å². The second-order valence-corrected chi connectivity index (χ2v) is 6.62. The molecule has 0 bridgehead atoms. The standard InChI is InChI=1S/C19H25N5O/c20-13-17-3-5-18(6-4-17)14-22-8-2-9-23(12-11-22)15-19(25)16-24-10-1-7-21-24/h1,3-7,10,19,25H,2,8-9,11-12,14-16H2/t19-/m0/s1. The van der Waals surface area contributed by atoms with E-state index in [9.17, 15) is 5.11 Å². The molecule has 0 aliphatic carbocycles. The SMILES string of the molecule is N#Cc1ccc(CN2CCCN(C[C@H](O)Cn3cccn3)CC2)cc1. The summed E-state index contributed by atoms with van der Waals surface area (Å²) in [5.41, 5.74) is 1.95. The van der Waals surface area contributed by atoms with E-state index in [2.05, 4.69) is 21.0 Å². The molecule has 0 saturated carbocycles. The van der Waals surface area contributed by atoms with Crippen LogP contribution in [0, 0.1) is 11.3 Å². The van der Waals surface area contributed by atoms with Crippen molar-refractivity contribution >= 4 is 0 Å². The summed E-state index contributed by atoms with van der Waals surface area (Å²) in [5, 5.41) is 23.3. The van der Waals surface area contributed by atoms with Crippen LogP contribution in [0.2, 0.25) is 0 Å². The Labute approximate surface area is 148 Å². The minimum Gasteiger partial charge on any atom is -0.390 e. The van der Waals surface area contributed by atoms with Gasteiger partial charge in [-0.05, 0) is 43.3 Å². The zero-order chi connectivity index (χ0) is 17.5. The topological polar surface area (TPSA) is 68.3 Å². The monoisotopic (exact) mass is 339 g/mol. The second-order valence-electron chi connectivity index (χ2n) is 6.62. The number of benzene rings is 1. The van der Waals surface area contributed by atoms with Gasteiger partial charge < -0.3 is 5.11 Å². The molecule has 1 fully saturated rings. The molecule has 0 amide bonds. The summed E-state index contributed by atoms with van der Waals surface area (Å²) in [5.74, 6) is 0. The zero-order valence-electron chi connectivity index (χ0n) is 14.5. The highest BCUT2D eigenvalue weighted by Gasteiger charge is 2.18. The lowest BCUT2D eigenvalue weighted by molar-refractivity contribution is 0.0962. The van der Waals surface area contributed by atoms with Crippen LogP contribution in [0.4, 0.5) is 0 Å². The first-order valence-corrected chi connectivity index (χ1v) is 8.82. The molecule has 2 heterocycles. The van der Waals surface area contributed by atoms with Crippen LogP contribution in [0.25, 0.3) is 0 Å². The number of aliphatic hydroxyl groups is 1. The first-order chi connectivity index (χ1) is 12.2. The van der Waals surface area contributed by atoms with E-state index in [1.807, 2.05) is 36.5 Å². The molecule has 132 valence electrons. The van der Waals surface area contributed by atoms with Gasteiger partial charge in [0.05, 0.1) is 24.3 Å². The number of aromatic nitrogens is 2. The van der Waals surface area contributed by atoms with E-state index in [1.165, 1.54) is 5.56 Å². The van der Waals surface area contributed by atoms with Gasteiger partial charge in [0.1, 0.15) is 0 Å². The highest BCUT2D eigenvalue weighted by molar-refractivity contribution is 5.31. The molecule has 25 heavy (non-hydrogen) atoms. The van der Waals surface area contributed by atoms with Gasteiger partial charge in [0.25, 0.3) is 0 Å². The fraction of sp³-hybridized carbons (Fsp3) is 0.474. The largest absolute Gasteiger partial charge is 0.390 e. The summed E-state index contributed by atoms with van der Waals surface area (Å²) < 4.78 is 1.78. The molecule has 0 unspecified atom stereocenters. The Balaban J connectivity index is 1.45. The van der Waals surface area contributed by atoms with Crippen LogP contribution in [0.15, 0.2) is 42.7 Å². The van der Waals surface area contributed by atoms with E-state index in [0.717, 1.165) is 39.1 Å². The molecule has 1 aromatic heterocycles. The number of nitrogens with zero attached hydrogens (tertiary/aromatic N) is 5. The third kappa shape index (κ3) is 5.40. The lowest BCUT2D eigenvalue weighted by Gasteiger charge is -2.24. The predicted octanol–water partition coefficient (Wildman–Crippen LogP) is 1.32. The predicted molar refractivity (Wildman–Crippen MR) is 95.7 cm³/mol. The lowest BCUT2D eigenvalue weighted by Crippen LogP contribution is -2.37. The Kier molecular flexibility index (Phi) is 6.18. The molecule has 0 spiro atoms. The van der Waals surface area contributed by atoms with Crippen molar-refractivity contribution in [3.05, 3.63) is 53.9 Å². The van der Waals surface area contributed by atoms with Crippen LogP contribution in [-0.2, 0) is 13.1 Å². The third-order valence-corrected chi connectivity index (χ3v) is 4.60. The van der Waals surface area contributed by atoms with Gasteiger partial charge in [-0.25, -0.2) is 0 Å². The summed E-state index contributed by atoms with van der Waals surface area (Å²) in [4.78, 5) is 4.79. The maximum Gasteiger partial charge on any atom is 0.0991 e. The Morgan fingerprint density at radius 2 is 1.84 bits per heavy atom. The van der Waals surface area contributed by atoms with Crippen LogP contribution >= 0.6 is 0 Å². The minimum atomic E-state index is -0.398. The number of hydrogen-bond donors (Lipinski definition) is 1. The van der Waals surface area contributed by atoms with E-state index >= 15 is 0 Å². The van der Waals surface area contributed by atoms with Crippen molar-refractivity contribution in [1.82, 2.24) is 19.6 Å². The average Bonchev–Trinajstić information content (AvgIpc) is 3.03. The van der Waals surface area contributed by atoms with Crippen molar-refractivity contribution in [2.24, 2.45) is 0 Å². The van der Waals surface area contributed by atoms with Gasteiger partial charge in [-0.1, -0.05) is 12.1 Å². The van der Waals surface area contributed by atoms with Crippen LogP contribution < -0.4 is 0 Å². The molecule has 1 saturated heterocycles. The van der Waals surface area contributed by atoms with Gasteiger partial charge in [0, 0.05) is 38.6 Å². The summed E-state index contributed by atoms with van der Waals surface area (Å²) in [6.07, 6.45) is 4.32. The molecule has 1 N–H and O–H groups in total. The second kappa shape index (κ2) is 8.77. The van der Waals surface area contributed by atoms with Crippen LogP contribution in [0.3, 0.4) is 0 Å². The molecule has 1 aromatic carbocycles. The first kappa shape index (κ1) is 17.6. The first-order valence-electron chi connectivity index (χ1n) is 8.82. The lowest BCUT2D eigenvalue weighted by atomic mass is 10.1. The molecular weight excluding hydrogens is 314 g/mol. The zero-order valence-corrected chi connectivity index (χ0v) is 14.5. The highest BCUT2D eigenvalue weighted by Crippen LogP contribution is 2.11. The van der Waals surface area contributed by atoms with Gasteiger partial charge in [0.15, 0.2) is 0 Å². The number of hydrogen-bond acceptors (Lipinski definition) is 5. The Hall–Kier alpha value is -2.20. The molecule has 6 heteroatoms.